The van der Waals surface area contributed by atoms with Crippen LogP contribution < -0.4 is 5.32 Å². The summed E-state index contributed by atoms with van der Waals surface area (Å²) in [4.78, 5) is 23.6. The smallest absolute Gasteiger partial charge is 0.256 e. The molecule has 0 saturated heterocycles. The molecule has 2 aromatic carbocycles. The van der Waals surface area contributed by atoms with Gasteiger partial charge in [-0.3, -0.25) is 9.59 Å². The van der Waals surface area contributed by atoms with Gasteiger partial charge in [0.1, 0.15) is 0 Å². The fourth-order valence-corrected chi connectivity index (χ4v) is 2.25. The first-order valence-electron chi connectivity index (χ1n) is 6.16. The number of ketones is 1. The van der Waals surface area contributed by atoms with E-state index >= 15 is 0 Å². The van der Waals surface area contributed by atoms with Gasteiger partial charge < -0.3 is 5.32 Å². The Balaban J connectivity index is 2.25. The van der Waals surface area contributed by atoms with Gasteiger partial charge >= 0.3 is 0 Å². The number of Topliss-reactive ketones (excluding diaryl/α,β-unsaturated/α-hetero) is 1. The number of benzene rings is 2. The van der Waals surface area contributed by atoms with Crippen molar-refractivity contribution in [2.45, 2.75) is 13.8 Å². The number of rotatable bonds is 3. The lowest BCUT2D eigenvalue weighted by atomic mass is 10.1. The first-order valence-corrected chi connectivity index (χ1v) is 6.95. The second-order valence-corrected chi connectivity index (χ2v) is 5.43. The van der Waals surface area contributed by atoms with Gasteiger partial charge in [-0.2, -0.15) is 0 Å². The van der Waals surface area contributed by atoms with E-state index in [4.69, 9.17) is 0 Å². The van der Waals surface area contributed by atoms with Gasteiger partial charge in [0.05, 0.1) is 5.56 Å². The van der Waals surface area contributed by atoms with E-state index in [1.54, 1.807) is 24.3 Å². The topological polar surface area (TPSA) is 46.2 Å². The molecule has 1 N–H and O–H groups in total. The van der Waals surface area contributed by atoms with Crippen LogP contribution in [0.15, 0.2) is 46.9 Å². The van der Waals surface area contributed by atoms with Crippen molar-refractivity contribution in [1.29, 1.82) is 0 Å². The lowest BCUT2D eigenvalue weighted by Gasteiger charge is -2.08. The molecular weight excluding hydrogens is 318 g/mol. The summed E-state index contributed by atoms with van der Waals surface area (Å²) in [5.41, 5.74) is 2.76. The second-order valence-electron chi connectivity index (χ2n) is 4.57. The van der Waals surface area contributed by atoms with E-state index < -0.39 is 0 Å². The monoisotopic (exact) mass is 331 g/mol. The number of amides is 1. The molecule has 0 heterocycles. The first-order chi connectivity index (χ1) is 9.47. The van der Waals surface area contributed by atoms with Crippen molar-refractivity contribution in [1.82, 2.24) is 0 Å². The number of hydrogen-bond donors (Lipinski definition) is 1. The summed E-state index contributed by atoms with van der Waals surface area (Å²) in [6.07, 6.45) is 0. The molecule has 0 aliphatic heterocycles. The summed E-state index contributed by atoms with van der Waals surface area (Å²) in [6.45, 7) is 3.43. The number of anilines is 1. The van der Waals surface area contributed by atoms with Gasteiger partial charge in [0.15, 0.2) is 5.78 Å². The SMILES string of the molecule is CC(=O)c1cccc(NC(=O)c2cc(C)ccc2Br)c1. The maximum absolute atomic E-state index is 12.2. The van der Waals surface area contributed by atoms with Gasteiger partial charge in [-0.05, 0) is 54.0 Å². The number of hydrogen-bond acceptors (Lipinski definition) is 2. The van der Waals surface area contributed by atoms with Crippen LogP contribution in [0.3, 0.4) is 0 Å². The van der Waals surface area contributed by atoms with E-state index in [-0.39, 0.29) is 11.7 Å². The Hall–Kier alpha value is -1.94. The molecule has 1 amide bonds. The molecule has 0 unspecified atom stereocenters. The highest BCUT2D eigenvalue weighted by molar-refractivity contribution is 9.10. The van der Waals surface area contributed by atoms with Gasteiger partial charge in [-0.25, -0.2) is 0 Å². The highest BCUT2D eigenvalue weighted by Gasteiger charge is 2.11. The van der Waals surface area contributed by atoms with E-state index in [0.29, 0.717) is 16.8 Å². The van der Waals surface area contributed by atoms with Crippen LogP contribution in [0.4, 0.5) is 5.69 Å². The van der Waals surface area contributed by atoms with Crippen molar-refractivity contribution in [3.8, 4) is 0 Å². The Morgan fingerprint density at radius 3 is 2.55 bits per heavy atom. The summed E-state index contributed by atoms with van der Waals surface area (Å²) in [6, 6.07) is 12.5. The number of carbonyl (C=O) groups is 2. The molecule has 0 fully saturated rings. The molecule has 0 aliphatic rings. The van der Waals surface area contributed by atoms with E-state index in [1.165, 1.54) is 6.92 Å². The zero-order valence-electron chi connectivity index (χ0n) is 11.2. The molecule has 0 saturated carbocycles. The fraction of sp³-hybridized carbons (Fsp3) is 0.125. The minimum absolute atomic E-state index is 0.0298. The van der Waals surface area contributed by atoms with E-state index in [1.807, 2.05) is 25.1 Å². The highest BCUT2D eigenvalue weighted by atomic mass is 79.9. The Labute approximate surface area is 126 Å². The van der Waals surface area contributed by atoms with Crippen LogP contribution >= 0.6 is 15.9 Å². The number of aryl methyl sites for hydroxylation is 1. The molecule has 4 heteroatoms. The number of carbonyl (C=O) groups excluding carboxylic acids is 2. The van der Waals surface area contributed by atoms with Crippen molar-refractivity contribution in [2.24, 2.45) is 0 Å². The largest absolute Gasteiger partial charge is 0.322 e. The zero-order valence-corrected chi connectivity index (χ0v) is 12.8. The number of halogens is 1. The van der Waals surface area contributed by atoms with Crippen LogP contribution in [0.5, 0.6) is 0 Å². The fourth-order valence-electron chi connectivity index (χ4n) is 1.83. The summed E-state index contributed by atoms with van der Waals surface area (Å²) >= 11 is 3.37. The van der Waals surface area contributed by atoms with Gasteiger partial charge in [-0.1, -0.05) is 23.8 Å². The van der Waals surface area contributed by atoms with Crippen LogP contribution in [-0.4, -0.2) is 11.7 Å². The molecule has 0 spiro atoms. The lowest BCUT2D eigenvalue weighted by molar-refractivity contribution is 0.101. The Kier molecular flexibility index (Phi) is 4.35. The summed E-state index contributed by atoms with van der Waals surface area (Å²) < 4.78 is 0.739. The van der Waals surface area contributed by atoms with Crippen molar-refractivity contribution in [3.63, 3.8) is 0 Å². The molecule has 0 bridgehead atoms. The normalized spacial score (nSPS) is 10.2. The van der Waals surface area contributed by atoms with Crippen LogP contribution in [0.2, 0.25) is 0 Å². The average molecular weight is 332 g/mol. The third-order valence-corrected chi connectivity index (χ3v) is 3.58. The molecular formula is C16H14BrNO2. The average Bonchev–Trinajstić information content (AvgIpc) is 2.41. The minimum atomic E-state index is -0.207. The van der Waals surface area contributed by atoms with Gasteiger partial charge in [-0.15, -0.1) is 0 Å². The molecule has 20 heavy (non-hydrogen) atoms. The Morgan fingerprint density at radius 2 is 1.85 bits per heavy atom. The predicted molar refractivity (Wildman–Crippen MR) is 83.3 cm³/mol. The maximum atomic E-state index is 12.2. The molecule has 0 radical (unpaired) electrons. The van der Waals surface area contributed by atoms with Crippen molar-refractivity contribution in [2.75, 3.05) is 5.32 Å². The third kappa shape index (κ3) is 3.33. The third-order valence-electron chi connectivity index (χ3n) is 2.89. The van der Waals surface area contributed by atoms with Crippen LogP contribution in [0.25, 0.3) is 0 Å². The van der Waals surface area contributed by atoms with Crippen molar-refractivity contribution >= 4 is 33.3 Å². The van der Waals surface area contributed by atoms with Crippen LogP contribution in [0.1, 0.15) is 33.2 Å². The Bertz CT molecular complexity index is 680. The standard InChI is InChI=1S/C16H14BrNO2/c1-10-6-7-15(17)14(8-10)16(20)18-13-5-3-4-12(9-13)11(2)19/h3-9H,1-2H3,(H,18,20). The summed E-state index contributed by atoms with van der Waals surface area (Å²) in [5.74, 6) is -0.237. The first kappa shape index (κ1) is 14.5. The number of nitrogens with one attached hydrogen (secondary N) is 1. The molecule has 0 atom stereocenters. The highest BCUT2D eigenvalue weighted by Crippen LogP contribution is 2.20. The lowest BCUT2D eigenvalue weighted by Crippen LogP contribution is -2.13. The summed E-state index contributed by atoms with van der Waals surface area (Å²) in [7, 11) is 0. The van der Waals surface area contributed by atoms with Crippen LogP contribution in [-0.2, 0) is 0 Å². The van der Waals surface area contributed by atoms with Gasteiger partial charge in [0.25, 0.3) is 5.91 Å². The second kappa shape index (κ2) is 6.01. The van der Waals surface area contributed by atoms with Gasteiger partial charge in [0.2, 0.25) is 0 Å². The van der Waals surface area contributed by atoms with Crippen molar-refractivity contribution in [3.05, 3.63) is 63.6 Å². The quantitative estimate of drug-likeness (QED) is 0.856. The van der Waals surface area contributed by atoms with E-state index in [0.717, 1.165) is 10.0 Å². The molecule has 2 rings (SSSR count). The van der Waals surface area contributed by atoms with E-state index in [9.17, 15) is 9.59 Å². The molecule has 3 nitrogen and oxygen atoms in total. The molecule has 2 aromatic rings. The predicted octanol–water partition coefficient (Wildman–Crippen LogP) is 4.21. The van der Waals surface area contributed by atoms with Crippen molar-refractivity contribution < 1.29 is 9.59 Å². The molecule has 0 aromatic heterocycles. The maximum Gasteiger partial charge on any atom is 0.256 e. The van der Waals surface area contributed by atoms with Gasteiger partial charge in [0, 0.05) is 15.7 Å². The molecule has 102 valence electrons. The van der Waals surface area contributed by atoms with Crippen LogP contribution in [0, 0.1) is 6.92 Å². The zero-order chi connectivity index (χ0) is 14.7. The molecule has 0 aliphatic carbocycles. The minimum Gasteiger partial charge on any atom is -0.322 e. The van der Waals surface area contributed by atoms with E-state index in [2.05, 4.69) is 21.2 Å². The summed E-state index contributed by atoms with van der Waals surface area (Å²) in [5, 5.41) is 2.80. The Morgan fingerprint density at radius 1 is 1.10 bits per heavy atom.